The number of anilines is 1. The van der Waals surface area contributed by atoms with E-state index in [4.69, 9.17) is 0 Å². The molecule has 0 radical (unpaired) electrons. The van der Waals surface area contributed by atoms with E-state index >= 15 is 0 Å². The van der Waals surface area contributed by atoms with Crippen LogP contribution in [0.5, 0.6) is 0 Å². The van der Waals surface area contributed by atoms with Crippen LogP contribution in [0.1, 0.15) is 48.9 Å². The van der Waals surface area contributed by atoms with Crippen molar-refractivity contribution in [1.29, 1.82) is 0 Å². The molecule has 0 heterocycles. The number of nitrogens with one attached hydrogen (secondary N) is 1. The topological polar surface area (TPSA) is 66.5 Å². The van der Waals surface area contributed by atoms with Gasteiger partial charge in [0, 0.05) is 19.0 Å². The van der Waals surface area contributed by atoms with E-state index in [0.29, 0.717) is 0 Å². The van der Waals surface area contributed by atoms with Gasteiger partial charge in [-0.25, -0.2) is 17.2 Å². The lowest BCUT2D eigenvalue weighted by molar-refractivity contribution is -0.121. The summed E-state index contributed by atoms with van der Waals surface area (Å²) < 4.78 is 51.8. The maximum absolute atomic E-state index is 13.5. The number of hydrogen-bond donors (Lipinski definition) is 1. The van der Waals surface area contributed by atoms with Crippen molar-refractivity contribution in [3.05, 3.63) is 64.7 Å². The van der Waals surface area contributed by atoms with Crippen LogP contribution in [0.15, 0.2) is 36.4 Å². The lowest BCUT2D eigenvalue weighted by atomic mass is 9.99. The van der Waals surface area contributed by atoms with E-state index in [1.54, 1.807) is 0 Å². The van der Waals surface area contributed by atoms with E-state index in [9.17, 15) is 22.0 Å². The summed E-state index contributed by atoms with van der Waals surface area (Å²) in [6.07, 6.45) is 2.05. The number of carbonyl (C=O) groups excluding carboxylic acids is 1. The second kappa shape index (κ2) is 10.0. The zero-order chi connectivity index (χ0) is 22.5. The summed E-state index contributed by atoms with van der Waals surface area (Å²) in [5, 5.41) is 2.98. The van der Waals surface area contributed by atoms with E-state index in [2.05, 4.69) is 11.4 Å². The van der Waals surface area contributed by atoms with Crippen molar-refractivity contribution in [3.63, 3.8) is 0 Å². The van der Waals surface area contributed by atoms with Gasteiger partial charge in [-0.05, 0) is 55.5 Å². The third-order valence-corrected chi connectivity index (χ3v) is 6.23. The molecule has 0 saturated carbocycles. The van der Waals surface area contributed by atoms with Gasteiger partial charge in [-0.2, -0.15) is 0 Å². The van der Waals surface area contributed by atoms with Crippen molar-refractivity contribution < 1.29 is 22.0 Å². The Morgan fingerprint density at radius 1 is 1.07 bits per heavy atom. The Hall–Kier alpha value is -2.48. The van der Waals surface area contributed by atoms with Crippen molar-refractivity contribution in [2.75, 3.05) is 17.1 Å². The average Bonchev–Trinajstić information content (AvgIpc) is 2.67. The zero-order valence-corrected chi connectivity index (χ0v) is 18.5. The predicted molar refractivity (Wildman–Crippen MR) is 115 cm³/mol. The number of nitrogens with zero attached hydrogens (tertiary/aromatic N) is 1. The molecular formula is C22H28F2N2O3S. The molecule has 2 aromatic rings. The smallest absolute Gasteiger partial charge is 0.232 e. The highest BCUT2D eigenvalue weighted by Crippen LogP contribution is 2.22. The number of benzene rings is 2. The third kappa shape index (κ3) is 6.26. The average molecular weight is 439 g/mol. The number of amides is 1. The van der Waals surface area contributed by atoms with Crippen molar-refractivity contribution >= 4 is 21.6 Å². The lowest BCUT2D eigenvalue weighted by Crippen LogP contribution is -2.33. The molecule has 0 unspecified atom stereocenters. The molecule has 2 aromatic carbocycles. The van der Waals surface area contributed by atoms with Gasteiger partial charge in [0.25, 0.3) is 0 Å². The van der Waals surface area contributed by atoms with Crippen LogP contribution >= 0.6 is 0 Å². The Morgan fingerprint density at radius 3 is 2.33 bits per heavy atom. The van der Waals surface area contributed by atoms with E-state index in [1.165, 1.54) is 11.6 Å². The van der Waals surface area contributed by atoms with Gasteiger partial charge in [-0.1, -0.05) is 25.1 Å². The SMILES string of the molecule is CC[C@@H](NC(=O)CCCN(c1ccc(F)c(F)c1)S(C)(=O)=O)c1ccc(C)c(C)c1. The quantitative estimate of drug-likeness (QED) is 0.631. The molecule has 5 nitrogen and oxygen atoms in total. The van der Waals surface area contributed by atoms with Gasteiger partial charge in [-0.3, -0.25) is 9.10 Å². The van der Waals surface area contributed by atoms with E-state index < -0.39 is 21.7 Å². The van der Waals surface area contributed by atoms with Gasteiger partial charge in [0.1, 0.15) is 0 Å². The maximum Gasteiger partial charge on any atom is 0.232 e. The van der Waals surface area contributed by atoms with Crippen molar-refractivity contribution in [3.8, 4) is 0 Å². The largest absolute Gasteiger partial charge is 0.349 e. The van der Waals surface area contributed by atoms with Crippen LogP contribution in [0.4, 0.5) is 14.5 Å². The molecule has 1 atom stereocenters. The fraction of sp³-hybridized carbons (Fsp3) is 0.409. The fourth-order valence-electron chi connectivity index (χ4n) is 3.18. The second-order valence-corrected chi connectivity index (χ2v) is 9.32. The Balaban J connectivity index is 2.01. The van der Waals surface area contributed by atoms with Crippen molar-refractivity contribution in [1.82, 2.24) is 5.32 Å². The number of sulfonamides is 1. The number of aryl methyl sites for hydroxylation is 2. The number of halogens is 2. The summed E-state index contributed by atoms with van der Waals surface area (Å²) in [6.45, 7) is 6.01. The molecule has 2 rings (SSSR count). The van der Waals surface area contributed by atoms with Gasteiger partial charge < -0.3 is 5.32 Å². The summed E-state index contributed by atoms with van der Waals surface area (Å²) >= 11 is 0. The number of carbonyl (C=O) groups is 1. The maximum atomic E-state index is 13.5. The van der Waals surface area contributed by atoms with Crippen LogP contribution in [0.2, 0.25) is 0 Å². The highest BCUT2D eigenvalue weighted by atomic mass is 32.2. The molecule has 1 N–H and O–H groups in total. The Kier molecular flexibility index (Phi) is 7.95. The molecule has 0 aliphatic carbocycles. The Bertz CT molecular complexity index is 1010. The van der Waals surface area contributed by atoms with Gasteiger partial charge in [0.05, 0.1) is 18.0 Å². The molecule has 0 bridgehead atoms. The second-order valence-electron chi connectivity index (χ2n) is 7.41. The minimum atomic E-state index is -3.71. The summed E-state index contributed by atoms with van der Waals surface area (Å²) in [5.41, 5.74) is 3.38. The van der Waals surface area contributed by atoms with Crippen LogP contribution in [0, 0.1) is 25.5 Å². The van der Waals surface area contributed by atoms with Crippen LogP contribution in [-0.4, -0.2) is 27.1 Å². The minimum Gasteiger partial charge on any atom is -0.349 e. The molecule has 0 spiro atoms. The molecule has 1 amide bonds. The van der Waals surface area contributed by atoms with E-state index in [1.807, 2.05) is 32.9 Å². The van der Waals surface area contributed by atoms with Crippen molar-refractivity contribution in [2.24, 2.45) is 0 Å². The lowest BCUT2D eigenvalue weighted by Gasteiger charge is -2.23. The number of rotatable bonds is 9. The highest BCUT2D eigenvalue weighted by molar-refractivity contribution is 7.92. The van der Waals surface area contributed by atoms with Crippen molar-refractivity contribution in [2.45, 2.75) is 46.1 Å². The molecule has 8 heteroatoms. The first-order valence-electron chi connectivity index (χ1n) is 9.82. The van der Waals surface area contributed by atoms with Crippen LogP contribution < -0.4 is 9.62 Å². The van der Waals surface area contributed by atoms with Crippen LogP contribution in [-0.2, 0) is 14.8 Å². The molecule has 0 fully saturated rings. The Labute approximate surface area is 177 Å². The van der Waals surface area contributed by atoms with Crippen LogP contribution in [0.25, 0.3) is 0 Å². The molecule has 0 aromatic heterocycles. The highest BCUT2D eigenvalue weighted by Gasteiger charge is 2.20. The summed E-state index contributed by atoms with van der Waals surface area (Å²) in [5.74, 6) is -2.37. The summed E-state index contributed by atoms with van der Waals surface area (Å²) in [6, 6.07) is 8.85. The Morgan fingerprint density at radius 2 is 1.77 bits per heavy atom. The predicted octanol–water partition coefficient (Wildman–Crippen LogP) is 4.40. The first-order valence-corrected chi connectivity index (χ1v) is 11.7. The first-order chi connectivity index (χ1) is 14.0. The minimum absolute atomic E-state index is 0.0161. The zero-order valence-electron chi connectivity index (χ0n) is 17.7. The summed E-state index contributed by atoms with van der Waals surface area (Å²) in [7, 11) is -3.71. The van der Waals surface area contributed by atoms with Gasteiger partial charge in [0.15, 0.2) is 11.6 Å². The monoisotopic (exact) mass is 438 g/mol. The number of hydrogen-bond acceptors (Lipinski definition) is 3. The molecule has 0 aliphatic rings. The third-order valence-electron chi connectivity index (χ3n) is 5.03. The fourth-order valence-corrected chi connectivity index (χ4v) is 4.14. The molecule has 0 saturated heterocycles. The van der Waals surface area contributed by atoms with Gasteiger partial charge in [-0.15, -0.1) is 0 Å². The normalized spacial score (nSPS) is 12.5. The summed E-state index contributed by atoms with van der Waals surface area (Å²) in [4.78, 5) is 12.4. The van der Waals surface area contributed by atoms with Gasteiger partial charge >= 0.3 is 0 Å². The molecule has 164 valence electrons. The standard InChI is InChI=1S/C22H28F2N2O3S/c1-5-21(17-9-8-15(2)16(3)13-17)25-22(27)7-6-12-26(30(4,28)29)18-10-11-19(23)20(24)14-18/h8-11,13-14,21H,5-7,12H2,1-4H3,(H,25,27)/t21-/m1/s1. The van der Waals surface area contributed by atoms with Gasteiger partial charge in [0.2, 0.25) is 15.9 Å². The molecule has 30 heavy (non-hydrogen) atoms. The molecular weight excluding hydrogens is 410 g/mol. The molecule has 0 aliphatic heterocycles. The van der Waals surface area contributed by atoms with Crippen LogP contribution in [0.3, 0.4) is 0 Å². The first kappa shape index (κ1) is 23.8. The van der Waals surface area contributed by atoms with E-state index in [-0.39, 0.29) is 37.0 Å². The van der Waals surface area contributed by atoms with E-state index in [0.717, 1.165) is 40.2 Å².